The van der Waals surface area contributed by atoms with Gasteiger partial charge in [0.25, 0.3) is 0 Å². The lowest BCUT2D eigenvalue weighted by molar-refractivity contribution is 0.242. The Morgan fingerprint density at radius 2 is 1.88 bits per heavy atom. The van der Waals surface area contributed by atoms with Gasteiger partial charge in [0.05, 0.1) is 24.2 Å². The molecule has 0 radical (unpaired) electrons. The van der Waals surface area contributed by atoms with Gasteiger partial charge < -0.3 is 20.5 Å². The summed E-state index contributed by atoms with van der Waals surface area (Å²) in [5.41, 5.74) is 8.94. The number of rotatable bonds is 11. The van der Waals surface area contributed by atoms with Crippen molar-refractivity contribution < 1.29 is 18.3 Å². The van der Waals surface area contributed by atoms with Crippen molar-refractivity contribution >= 4 is 33.0 Å². The van der Waals surface area contributed by atoms with Gasteiger partial charge in [-0.05, 0) is 61.1 Å². The minimum atomic E-state index is -3.59. The third kappa shape index (κ3) is 6.86. The number of piperazine rings is 1. The van der Waals surface area contributed by atoms with E-state index in [0.717, 1.165) is 18.4 Å². The van der Waals surface area contributed by atoms with Crippen LogP contribution in [0.5, 0.6) is 5.75 Å². The van der Waals surface area contributed by atoms with Gasteiger partial charge >= 0.3 is 5.56 Å². The van der Waals surface area contributed by atoms with Crippen LogP contribution >= 0.6 is 11.6 Å². The molecule has 1 saturated heterocycles. The van der Waals surface area contributed by atoms with E-state index in [1.54, 1.807) is 42.6 Å². The van der Waals surface area contributed by atoms with Crippen molar-refractivity contribution in [2.45, 2.75) is 38.4 Å². The predicted molar refractivity (Wildman–Crippen MR) is 160 cm³/mol. The molecule has 5 rings (SSSR count). The Balaban J connectivity index is 1.32. The number of sulfonamides is 1. The van der Waals surface area contributed by atoms with Crippen molar-refractivity contribution in [3.8, 4) is 11.4 Å². The summed E-state index contributed by atoms with van der Waals surface area (Å²) in [5.74, 6) is 0.0583. The molecule has 3 N–H and O–H groups in total. The van der Waals surface area contributed by atoms with E-state index in [1.807, 2.05) is 11.0 Å². The molecular weight excluding hydrogens is 566 g/mol. The highest BCUT2D eigenvalue weighted by atomic mass is 35.5. The van der Waals surface area contributed by atoms with Crippen LogP contribution in [-0.4, -0.2) is 67.0 Å². The van der Waals surface area contributed by atoms with Gasteiger partial charge in [-0.3, -0.25) is 4.79 Å². The van der Waals surface area contributed by atoms with Gasteiger partial charge in [-0.2, -0.15) is 14.1 Å². The Hall–Kier alpha value is -3.12. The Kier molecular flexibility index (Phi) is 8.60. The number of halogens is 1. The molecule has 2 fully saturated rings. The molecule has 2 aromatic carbocycles. The number of nitrogen functional groups attached to an aromatic ring is 1. The zero-order valence-corrected chi connectivity index (χ0v) is 24.7. The number of benzene rings is 2. The Morgan fingerprint density at radius 3 is 2.54 bits per heavy atom. The third-order valence-corrected chi connectivity index (χ3v) is 9.86. The van der Waals surface area contributed by atoms with Gasteiger partial charge in [0.15, 0.2) is 0 Å². The van der Waals surface area contributed by atoms with Crippen LogP contribution in [0.3, 0.4) is 0 Å². The first-order valence-electron chi connectivity index (χ1n) is 13.8. The van der Waals surface area contributed by atoms with Crippen LogP contribution in [0.15, 0.2) is 53.5 Å². The number of aromatic nitrogens is 2. The Bertz CT molecular complexity index is 1570. The number of ether oxygens (including phenoxy) is 1. The van der Waals surface area contributed by atoms with E-state index in [2.05, 4.69) is 12.0 Å². The van der Waals surface area contributed by atoms with Gasteiger partial charge in [-0.1, -0.05) is 36.7 Å². The zero-order chi connectivity index (χ0) is 29.2. The molecule has 1 aliphatic carbocycles. The van der Waals surface area contributed by atoms with Crippen molar-refractivity contribution in [1.29, 1.82) is 0 Å². The van der Waals surface area contributed by atoms with Crippen molar-refractivity contribution in [2.24, 2.45) is 5.41 Å². The van der Waals surface area contributed by atoms with Crippen LogP contribution < -0.4 is 20.9 Å². The van der Waals surface area contributed by atoms with Crippen LogP contribution in [0.2, 0.25) is 5.02 Å². The molecule has 10 nitrogen and oxygen atoms in total. The highest BCUT2D eigenvalue weighted by Crippen LogP contribution is 2.45. The lowest BCUT2D eigenvalue weighted by atomic mass is 10.1. The summed E-state index contributed by atoms with van der Waals surface area (Å²) in [4.78, 5) is 15.6. The molecule has 41 heavy (non-hydrogen) atoms. The molecular formula is C29H36ClN5O5S. The topological polar surface area (TPSA) is 131 Å². The molecule has 2 heterocycles. The minimum absolute atomic E-state index is 0.0566. The average molecular weight is 602 g/mol. The summed E-state index contributed by atoms with van der Waals surface area (Å²) >= 11 is 6.15. The number of aliphatic hydroxyl groups excluding tert-OH is 1. The van der Waals surface area contributed by atoms with Crippen molar-refractivity contribution in [1.82, 2.24) is 14.1 Å². The maximum atomic E-state index is 13.6. The van der Waals surface area contributed by atoms with Gasteiger partial charge in [0.1, 0.15) is 5.69 Å². The first kappa shape index (κ1) is 29.4. The molecule has 3 aromatic rings. The highest BCUT2D eigenvalue weighted by Gasteiger charge is 2.39. The van der Waals surface area contributed by atoms with Crippen LogP contribution in [0.25, 0.3) is 5.69 Å². The van der Waals surface area contributed by atoms with Gasteiger partial charge in [-0.25, -0.2) is 8.42 Å². The molecule has 220 valence electrons. The highest BCUT2D eigenvalue weighted by molar-refractivity contribution is 7.88. The number of nitrogens with zero attached hydrogens (tertiary/aromatic N) is 4. The average Bonchev–Trinajstić information content (AvgIpc) is 3.68. The summed E-state index contributed by atoms with van der Waals surface area (Å²) in [7, 11) is -3.59. The number of anilines is 2. The van der Waals surface area contributed by atoms with Crippen molar-refractivity contribution in [2.75, 3.05) is 50.0 Å². The fraction of sp³-hybridized carbons (Fsp3) is 0.448. The number of hydrogen-bond acceptors (Lipinski definition) is 8. The SMILES string of the molecule is CC1(COc2c(N3CCN(S(=O)(=O)Cc4ccc(CCCO)c(N)c4)CC3)cnn(-c3cccc(Cl)c3)c2=O)CC1. The number of nitrogens with two attached hydrogens (primary N) is 1. The molecule has 0 bridgehead atoms. The number of hydrogen-bond donors (Lipinski definition) is 2. The Morgan fingerprint density at radius 1 is 1.12 bits per heavy atom. The molecule has 2 aliphatic rings. The quantitative estimate of drug-likeness (QED) is 0.320. The fourth-order valence-corrected chi connectivity index (χ4v) is 6.61. The molecule has 1 aromatic heterocycles. The largest absolute Gasteiger partial charge is 0.486 e. The maximum Gasteiger partial charge on any atom is 0.316 e. The monoisotopic (exact) mass is 601 g/mol. The molecule has 0 unspecified atom stereocenters. The second kappa shape index (κ2) is 12.0. The minimum Gasteiger partial charge on any atom is -0.486 e. The van der Waals surface area contributed by atoms with Gasteiger partial charge in [0, 0.05) is 48.9 Å². The van der Waals surface area contributed by atoms with E-state index >= 15 is 0 Å². The summed E-state index contributed by atoms with van der Waals surface area (Å²) in [6.07, 6.45) is 4.94. The molecule has 1 saturated carbocycles. The summed E-state index contributed by atoms with van der Waals surface area (Å²) < 4.78 is 35.4. The molecule has 0 spiro atoms. The van der Waals surface area contributed by atoms with Crippen molar-refractivity contribution in [3.63, 3.8) is 0 Å². The smallest absolute Gasteiger partial charge is 0.316 e. The predicted octanol–water partition coefficient (Wildman–Crippen LogP) is 3.22. The Labute approximate surface area is 245 Å². The molecule has 1 aliphatic heterocycles. The van der Waals surface area contributed by atoms with E-state index in [0.29, 0.717) is 60.2 Å². The first-order valence-corrected chi connectivity index (χ1v) is 15.8. The fourth-order valence-electron chi connectivity index (χ4n) is 4.93. The summed E-state index contributed by atoms with van der Waals surface area (Å²) in [6.45, 7) is 3.93. The standard InChI is InChI=1S/C29H36ClN5O5S/c1-29(9-10-29)20-40-27-26(18-32-35(28(27)37)24-6-2-5-23(30)17-24)33-11-13-34(14-12-33)41(38,39)19-21-7-8-22(4-3-15-36)25(31)16-21/h2,5-8,16-18,36H,3-4,9-15,19-20,31H2,1H3. The lowest BCUT2D eigenvalue weighted by Gasteiger charge is -2.35. The second-order valence-corrected chi connectivity index (χ2v) is 13.6. The van der Waals surface area contributed by atoms with E-state index in [4.69, 9.17) is 27.2 Å². The third-order valence-electron chi connectivity index (χ3n) is 7.77. The van der Waals surface area contributed by atoms with Crippen molar-refractivity contribution in [3.05, 3.63) is 75.2 Å². The number of aryl methyl sites for hydroxylation is 1. The maximum absolute atomic E-state index is 13.6. The van der Waals surface area contributed by atoms with Gasteiger partial charge in [-0.15, -0.1) is 0 Å². The van der Waals surface area contributed by atoms with Gasteiger partial charge in [0.2, 0.25) is 15.8 Å². The van der Waals surface area contributed by atoms with E-state index in [-0.39, 0.29) is 42.2 Å². The lowest BCUT2D eigenvalue weighted by Crippen LogP contribution is -2.49. The zero-order valence-electron chi connectivity index (χ0n) is 23.1. The van der Waals surface area contributed by atoms with E-state index in [1.165, 1.54) is 8.99 Å². The normalized spacial score (nSPS) is 17.0. The van der Waals surface area contributed by atoms with Crippen LogP contribution in [0.1, 0.15) is 37.3 Å². The van der Waals surface area contributed by atoms with Crippen LogP contribution in [-0.2, 0) is 22.2 Å². The first-order chi connectivity index (χ1) is 19.6. The van der Waals surface area contributed by atoms with Crippen LogP contribution in [0, 0.1) is 5.41 Å². The summed E-state index contributed by atoms with van der Waals surface area (Å²) in [5, 5.41) is 14.0. The second-order valence-electron chi connectivity index (χ2n) is 11.2. The molecule has 0 atom stereocenters. The van der Waals surface area contributed by atoms with Crippen LogP contribution in [0.4, 0.5) is 11.4 Å². The molecule has 0 amide bonds. The van der Waals surface area contributed by atoms with E-state index in [9.17, 15) is 13.2 Å². The van der Waals surface area contributed by atoms with E-state index < -0.39 is 10.0 Å². The molecule has 12 heteroatoms. The number of aliphatic hydroxyl groups is 1. The summed E-state index contributed by atoms with van der Waals surface area (Å²) in [6, 6.07) is 12.2.